The molecule has 0 aromatic rings. The van der Waals surface area contributed by atoms with E-state index in [0.29, 0.717) is 6.54 Å². The molecule has 0 bridgehead atoms. The molecule has 8 nitrogen and oxygen atoms in total. The smallest absolute Gasteiger partial charge is 0.407 e. The Balaban J connectivity index is 0.00000784. The average molecular weight is 527 g/mol. The summed E-state index contributed by atoms with van der Waals surface area (Å²) >= 11 is 0. The van der Waals surface area contributed by atoms with E-state index >= 15 is 0 Å². The second kappa shape index (κ2) is 16.0. The zero-order valence-electron chi connectivity index (χ0n) is 18.9. The average Bonchev–Trinajstić information content (AvgIpc) is 2.62. The first kappa shape index (κ1) is 28.2. The van der Waals surface area contributed by atoms with Crippen LogP contribution in [0.15, 0.2) is 4.99 Å². The first-order chi connectivity index (χ1) is 13.3. The van der Waals surface area contributed by atoms with E-state index in [1.165, 1.54) is 0 Å². The van der Waals surface area contributed by atoms with Crippen LogP contribution in [0.5, 0.6) is 0 Å². The van der Waals surface area contributed by atoms with Crippen molar-refractivity contribution in [2.45, 2.75) is 65.5 Å². The van der Waals surface area contributed by atoms with Gasteiger partial charge in [-0.15, -0.1) is 24.0 Å². The molecule has 0 aliphatic carbocycles. The van der Waals surface area contributed by atoms with E-state index in [9.17, 15) is 4.79 Å². The Morgan fingerprint density at radius 2 is 1.90 bits per heavy atom. The molecule has 1 rings (SSSR count). The van der Waals surface area contributed by atoms with Gasteiger partial charge in [0.25, 0.3) is 0 Å². The van der Waals surface area contributed by atoms with E-state index in [4.69, 9.17) is 9.47 Å². The highest BCUT2D eigenvalue weighted by Crippen LogP contribution is 2.08. The summed E-state index contributed by atoms with van der Waals surface area (Å²) in [5.74, 6) is 0.788. The molecule has 29 heavy (non-hydrogen) atoms. The lowest BCUT2D eigenvalue weighted by Crippen LogP contribution is -2.43. The molecule has 1 amide bonds. The van der Waals surface area contributed by atoms with Gasteiger partial charge in [-0.05, 0) is 47.1 Å². The summed E-state index contributed by atoms with van der Waals surface area (Å²) in [5.41, 5.74) is -0.499. The Kier molecular flexibility index (Phi) is 15.5. The molecule has 0 aromatic carbocycles. The summed E-state index contributed by atoms with van der Waals surface area (Å²) in [6.45, 7) is 16.7. The van der Waals surface area contributed by atoms with Crippen molar-refractivity contribution in [1.82, 2.24) is 20.9 Å². The number of nitrogens with one attached hydrogen (secondary N) is 3. The van der Waals surface area contributed by atoms with Crippen LogP contribution in [-0.2, 0) is 9.47 Å². The number of carbonyl (C=O) groups excluding carboxylic acids is 1. The molecule has 1 fully saturated rings. The van der Waals surface area contributed by atoms with Crippen molar-refractivity contribution >= 4 is 36.0 Å². The van der Waals surface area contributed by atoms with Gasteiger partial charge in [-0.2, -0.15) is 0 Å². The highest BCUT2D eigenvalue weighted by molar-refractivity contribution is 14.0. The van der Waals surface area contributed by atoms with Gasteiger partial charge in [-0.1, -0.05) is 13.3 Å². The summed E-state index contributed by atoms with van der Waals surface area (Å²) in [4.78, 5) is 19.1. The van der Waals surface area contributed by atoms with E-state index in [-0.39, 0.29) is 36.1 Å². The molecule has 1 heterocycles. The Labute approximate surface area is 194 Å². The number of hydrogen-bond acceptors (Lipinski definition) is 5. The molecule has 1 aliphatic rings. The molecule has 0 saturated carbocycles. The molecule has 1 atom stereocenters. The Hall–Kier alpha value is -0.810. The monoisotopic (exact) mass is 527 g/mol. The van der Waals surface area contributed by atoms with Crippen LogP contribution in [-0.4, -0.2) is 81.1 Å². The van der Waals surface area contributed by atoms with Crippen LogP contribution in [0.2, 0.25) is 0 Å². The normalized spacial score (nSPS) is 16.5. The Bertz CT molecular complexity index is 466. The maximum Gasteiger partial charge on any atom is 0.407 e. The summed E-state index contributed by atoms with van der Waals surface area (Å²) < 4.78 is 10.7. The molecule has 1 unspecified atom stereocenters. The van der Waals surface area contributed by atoms with Crippen molar-refractivity contribution in [3.05, 3.63) is 0 Å². The van der Waals surface area contributed by atoms with Gasteiger partial charge >= 0.3 is 6.09 Å². The lowest BCUT2D eigenvalue weighted by molar-refractivity contribution is 0.0376. The summed E-state index contributed by atoms with van der Waals surface area (Å²) in [6, 6.07) is -0.0383. The largest absolute Gasteiger partial charge is 0.444 e. The highest BCUT2D eigenvalue weighted by atomic mass is 127. The predicted molar refractivity (Wildman–Crippen MR) is 129 cm³/mol. The lowest BCUT2D eigenvalue weighted by Gasteiger charge is -2.26. The fourth-order valence-corrected chi connectivity index (χ4v) is 2.91. The molecule has 0 spiro atoms. The molecule has 172 valence electrons. The van der Waals surface area contributed by atoms with E-state index < -0.39 is 5.60 Å². The van der Waals surface area contributed by atoms with Gasteiger partial charge < -0.3 is 25.4 Å². The summed E-state index contributed by atoms with van der Waals surface area (Å²) in [5, 5.41) is 9.60. The van der Waals surface area contributed by atoms with Gasteiger partial charge in [0, 0.05) is 26.2 Å². The summed E-state index contributed by atoms with van der Waals surface area (Å²) in [7, 11) is 0. The number of guanidine groups is 1. The van der Waals surface area contributed by atoms with E-state index in [2.05, 4.69) is 32.8 Å². The van der Waals surface area contributed by atoms with Crippen molar-refractivity contribution in [2.24, 2.45) is 4.99 Å². The zero-order chi connectivity index (χ0) is 20.8. The number of carbonyl (C=O) groups is 1. The molecule has 0 aromatic heterocycles. The van der Waals surface area contributed by atoms with Gasteiger partial charge in [-0.3, -0.25) is 9.89 Å². The van der Waals surface area contributed by atoms with Crippen molar-refractivity contribution < 1.29 is 14.3 Å². The van der Waals surface area contributed by atoms with Crippen LogP contribution in [0.3, 0.4) is 0 Å². The molecule has 1 saturated heterocycles. The van der Waals surface area contributed by atoms with Crippen LogP contribution in [0, 0.1) is 0 Å². The molecule has 0 radical (unpaired) electrons. The first-order valence-corrected chi connectivity index (χ1v) is 10.7. The number of ether oxygens (including phenoxy) is 2. The number of nitrogens with zero attached hydrogens (tertiary/aromatic N) is 2. The van der Waals surface area contributed by atoms with Crippen LogP contribution >= 0.6 is 24.0 Å². The third-order valence-electron chi connectivity index (χ3n) is 4.22. The number of aliphatic imine (C=N–C) groups is 1. The Morgan fingerprint density at radius 1 is 1.21 bits per heavy atom. The Morgan fingerprint density at radius 3 is 2.48 bits per heavy atom. The number of rotatable bonds is 10. The van der Waals surface area contributed by atoms with Crippen LogP contribution in [0.1, 0.15) is 53.9 Å². The molecule has 1 aliphatic heterocycles. The van der Waals surface area contributed by atoms with Gasteiger partial charge in [0.2, 0.25) is 0 Å². The number of halogens is 1. The minimum atomic E-state index is -0.499. The highest BCUT2D eigenvalue weighted by Gasteiger charge is 2.19. The maximum absolute atomic E-state index is 12.0. The van der Waals surface area contributed by atoms with Gasteiger partial charge in [0.1, 0.15) is 5.60 Å². The molecule has 9 heteroatoms. The fourth-order valence-electron chi connectivity index (χ4n) is 2.91. The van der Waals surface area contributed by atoms with Crippen molar-refractivity contribution in [1.29, 1.82) is 0 Å². The van der Waals surface area contributed by atoms with Crippen LogP contribution < -0.4 is 16.0 Å². The van der Waals surface area contributed by atoms with Crippen molar-refractivity contribution in [2.75, 3.05) is 52.5 Å². The van der Waals surface area contributed by atoms with Gasteiger partial charge in [-0.25, -0.2) is 4.79 Å². The minimum absolute atomic E-state index is 0. The van der Waals surface area contributed by atoms with Crippen LogP contribution in [0.4, 0.5) is 4.79 Å². The van der Waals surface area contributed by atoms with Gasteiger partial charge in [0.15, 0.2) is 5.96 Å². The van der Waals surface area contributed by atoms with Crippen molar-refractivity contribution in [3.63, 3.8) is 0 Å². The van der Waals surface area contributed by atoms with E-state index in [1.54, 1.807) is 0 Å². The topological polar surface area (TPSA) is 87.2 Å². The minimum Gasteiger partial charge on any atom is -0.444 e. The number of hydrogen-bond donors (Lipinski definition) is 3. The van der Waals surface area contributed by atoms with E-state index in [0.717, 1.165) is 71.2 Å². The number of morpholine rings is 1. The third kappa shape index (κ3) is 14.8. The van der Waals surface area contributed by atoms with Crippen LogP contribution in [0.25, 0.3) is 0 Å². The number of amides is 1. The maximum atomic E-state index is 12.0. The second-order valence-electron chi connectivity index (χ2n) is 8.09. The number of alkyl carbamates (subject to hydrolysis) is 1. The summed E-state index contributed by atoms with van der Waals surface area (Å²) in [6.07, 6.45) is 2.50. The van der Waals surface area contributed by atoms with E-state index in [1.807, 2.05) is 27.7 Å². The molecule has 3 N–H and O–H groups in total. The second-order valence-corrected chi connectivity index (χ2v) is 8.09. The van der Waals surface area contributed by atoms with Gasteiger partial charge in [0.05, 0.1) is 25.8 Å². The van der Waals surface area contributed by atoms with Crippen molar-refractivity contribution in [3.8, 4) is 0 Å². The SMILES string of the molecule is CCCC(CN=C(NCC)NCCCN1CCOCC1)NC(=O)OC(C)(C)C.I. The quantitative estimate of drug-likeness (QED) is 0.175. The first-order valence-electron chi connectivity index (χ1n) is 10.7. The lowest BCUT2D eigenvalue weighted by atomic mass is 10.1. The molecular weight excluding hydrogens is 485 g/mol. The standard InChI is InChI=1S/C20H41N5O3.HI/c1-6-9-17(24-19(26)28-20(3,4)5)16-23-18(21-7-2)22-10-8-11-25-12-14-27-15-13-25;/h17H,6-16H2,1-5H3,(H,24,26)(H2,21,22,23);1H. The third-order valence-corrected chi connectivity index (χ3v) is 4.22. The predicted octanol–water partition coefficient (Wildman–Crippen LogP) is 2.58. The fraction of sp³-hybridized carbons (Fsp3) is 0.900. The molecular formula is C20H42IN5O3. The zero-order valence-corrected chi connectivity index (χ0v) is 21.2.